The Kier molecular flexibility index (Phi) is 7.12. The predicted octanol–water partition coefficient (Wildman–Crippen LogP) is 5.48. The number of nitrogens with zero attached hydrogens (tertiary/aromatic N) is 4. The van der Waals surface area contributed by atoms with Crippen LogP contribution in [0.4, 0.5) is 10.3 Å². The first-order chi connectivity index (χ1) is 17.9. The third-order valence-electron chi connectivity index (χ3n) is 6.44. The van der Waals surface area contributed by atoms with Crippen molar-refractivity contribution in [2.45, 2.75) is 32.9 Å². The van der Waals surface area contributed by atoms with Gasteiger partial charge in [-0.05, 0) is 47.9 Å². The number of amides is 1. The predicted molar refractivity (Wildman–Crippen MR) is 141 cm³/mol. The van der Waals surface area contributed by atoms with E-state index in [-0.39, 0.29) is 18.1 Å². The van der Waals surface area contributed by atoms with Crippen molar-refractivity contribution in [1.82, 2.24) is 14.9 Å². The first-order valence-corrected chi connectivity index (χ1v) is 12.4. The summed E-state index contributed by atoms with van der Waals surface area (Å²) in [7, 11) is 1.96. The minimum atomic E-state index is -0.314. The van der Waals surface area contributed by atoms with Crippen LogP contribution < -0.4 is 9.64 Å². The molecule has 0 saturated carbocycles. The summed E-state index contributed by atoms with van der Waals surface area (Å²) >= 11 is 0. The van der Waals surface area contributed by atoms with E-state index in [0.29, 0.717) is 43.6 Å². The van der Waals surface area contributed by atoms with Crippen LogP contribution in [0.2, 0.25) is 0 Å². The summed E-state index contributed by atoms with van der Waals surface area (Å²) in [6, 6.07) is 24.0. The highest BCUT2D eigenvalue weighted by molar-refractivity contribution is 5.79. The summed E-state index contributed by atoms with van der Waals surface area (Å²) in [5.74, 6) is 1.39. The third kappa shape index (κ3) is 5.94. The van der Waals surface area contributed by atoms with Gasteiger partial charge in [0.2, 0.25) is 17.7 Å². The van der Waals surface area contributed by atoms with Gasteiger partial charge in [-0.25, -0.2) is 9.37 Å². The summed E-state index contributed by atoms with van der Waals surface area (Å²) in [6.07, 6.45) is 0.811. The van der Waals surface area contributed by atoms with E-state index in [4.69, 9.17) is 14.7 Å². The van der Waals surface area contributed by atoms with Gasteiger partial charge in [-0.1, -0.05) is 54.6 Å². The Balaban J connectivity index is 1.42. The third-order valence-corrected chi connectivity index (χ3v) is 6.44. The zero-order valence-electron chi connectivity index (χ0n) is 21.0. The lowest BCUT2D eigenvalue weighted by Gasteiger charge is -2.30. The molecule has 6 nitrogen and oxygen atoms in total. The fraction of sp³-hybridized carbons (Fsp3) is 0.233. The Morgan fingerprint density at radius 1 is 1.00 bits per heavy atom. The lowest BCUT2D eigenvalue weighted by atomic mass is 10.0. The molecule has 7 heteroatoms. The Bertz CT molecular complexity index is 1390. The second-order valence-corrected chi connectivity index (χ2v) is 9.38. The van der Waals surface area contributed by atoms with Gasteiger partial charge in [-0.3, -0.25) is 4.79 Å². The molecular formula is C30H29FN4O2. The minimum Gasteiger partial charge on any atom is -0.438 e. The van der Waals surface area contributed by atoms with Crippen molar-refractivity contribution in [3.8, 4) is 11.6 Å². The molecule has 1 aliphatic rings. The van der Waals surface area contributed by atoms with E-state index in [0.717, 1.165) is 27.9 Å². The monoisotopic (exact) mass is 496 g/mol. The Morgan fingerprint density at radius 3 is 2.54 bits per heavy atom. The van der Waals surface area contributed by atoms with Crippen molar-refractivity contribution in [2.75, 3.05) is 18.5 Å². The molecule has 0 N–H and O–H groups in total. The van der Waals surface area contributed by atoms with Crippen LogP contribution in [0.5, 0.6) is 11.6 Å². The van der Waals surface area contributed by atoms with E-state index in [1.807, 2.05) is 61.3 Å². The van der Waals surface area contributed by atoms with E-state index in [1.54, 1.807) is 17.0 Å². The molecule has 0 unspecified atom stereocenters. The summed E-state index contributed by atoms with van der Waals surface area (Å²) < 4.78 is 19.6. The number of carbonyl (C=O) groups is 1. The van der Waals surface area contributed by atoms with Crippen LogP contribution in [0.3, 0.4) is 0 Å². The van der Waals surface area contributed by atoms with Crippen LogP contribution in [0.15, 0.2) is 78.9 Å². The minimum absolute atomic E-state index is 0.0240. The molecule has 1 aliphatic heterocycles. The first kappa shape index (κ1) is 24.4. The van der Waals surface area contributed by atoms with Crippen LogP contribution in [0.25, 0.3) is 0 Å². The van der Waals surface area contributed by atoms with Crippen molar-refractivity contribution in [3.63, 3.8) is 0 Å². The quantitative estimate of drug-likeness (QED) is 0.339. The highest BCUT2D eigenvalue weighted by atomic mass is 19.1. The molecule has 0 aliphatic carbocycles. The smallest absolute Gasteiger partial charge is 0.229 e. The zero-order valence-corrected chi connectivity index (χ0v) is 21.0. The molecule has 0 spiro atoms. The number of benzene rings is 3. The van der Waals surface area contributed by atoms with Crippen LogP contribution >= 0.6 is 0 Å². The second-order valence-electron chi connectivity index (χ2n) is 9.38. The lowest BCUT2D eigenvalue weighted by Crippen LogP contribution is -2.38. The standard InChI is InChI=1S/C30H29FN4O2/c1-21-7-6-10-25(17-21)37-29-26-20-35(28(36)18-22-11-13-24(31)14-12-22)16-15-27(26)32-30(33-29)34(2)19-23-8-4-3-5-9-23/h3-14,17H,15-16,18-20H2,1-2H3. The van der Waals surface area contributed by atoms with Crippen molar-refractivity contribution in [1.29, 1.82) is 0 Å². The van der Waals surface area contributed by atoms with Gasteiger partial charge in [0.1, 0.15) is 11.6 Å². The first-order valence-electron chi connectivity index (χ1n) is 12.4. The molecular weight excluding hydrogens is 467 g/mol. The van der Waals surface area contributed by atoms with Gasteiger partial charge in [0.15, 0.2) is 0 Å². The zero-order chi connectivity index (χ0) is 25.8. The summed E-state index contributed by atoms with van der Waals surface area (Å²) in [5, 5.41) is 0. The Labute approximate surface area is 216 Å². The second kappa shape index (κ2) is 10.8. The maximum atomic E-state index is 13.3. The van der Waals surface area contributed by atoms with Gasteiger partial charge in [-0.2, -0.15) is 4.98 Å². The molecule has 4 aromatic rings. The number of hydrogen-bond acceptors (Lipinski definition) is 5. The normalized spacial score (nSPS) is 12.7. The average Bonchev–Trinajstić information content (AvgIpc) is 2.90. The summed E-state index contributed by atoms with van der Waals surface area (Å²) in [5.41, 5.74) is 4.72. The molecule has 1 amide bonds. The topological polar surface area (TPSA) is 58.6 Å². The molecule has 0 fully saturated rings. The highest BCUT2D eigenvalue weighted by Crippen LogP contribution is 2.32. The van der Waals surface area contributed by atoms with Crippen LogP contribution in [0, 0.1) is 12.7 Å². The van der Waals surface area contributed by atoms with E-state index >= 15 is 0 Å². The van der Waals surface area contributed by atoms with Gasteiger partial charge >= 0.3 is 0 Å². The number of carbonyl (C=O) groups excluding carboxylic acids is 1. The van der Waals surface area contributed by atoms with Gasteiger partial charge in [0, 0.05) is 26.6 Å². The number of anilines is 1. The van der Waals surface area contributed by atoms with E-state index in [2.05, 4.69) is 12.1 Å². The SMILES string of the molecule is Cc1cccc(Oc2nc(N(C)Cc3ccccc3)nc3c2CN(C(=O)Cc2ccc(F)cc2)CC3)c1. The molecule has 5 rings (SSSR count). The molecule has 2 heterocycles. The Hall–Kier alpha value is -4.26. The number of ether oxygens (including phenoxy) is 1. The average molecular weight is 497 g/mol. The molecule has 1 aromatic heterocycles. The summed E-state index contributed by atoms with van der Waals surface area (Å²) in [4.78, 5) is 26.6. The number of fused-ring (bicyclic) bond motifs is 1. The van der Waals surface area contributed by atoms with Crippen molar-refractivity contribution < 1.29 is 13.9 Å². The van der Waals surface area contributed by atoms with Crippen LogP contribution in [0.1, 0.15) is 27.9 Å². The molecule has 0 saturated heterocycles. The molecule has 188 valence electrons. The maximum absolute atomic E-state index is 13.3. The molecule has 0 radical (unpaired) electrons. The van der Waals surface area contributed by atoms with E-state index < -0.39 is 0 Å². The van der Waals surface area contributed by atoms with Crippen molar-refractivity contribution in [2.24, 2.45) is 0 Å². The van der Waals surface area contributed by atoms with E-state index in [9.17, 15) is 9.18 Å². The van der Waals surface area contributed by atoms with Gasteiger partial charge in [0.25, 0.3) is 0 Å². The molecule has 0 atom stereocenters. The van der Waals surface area contributed by atoms with Crippen LogP contribution in [-0.2, 0) is 30.7 Å². The Morgan fingerprint density at radius 2 is 1.78 bits per heavy atom. The van der Waals surface area contributed by atoms with Gasteiger partial charge < -0.3 is 14.5 Å². The van der Waals surface area contributed by atoms with Crippen molar-refractivity contribution >= 4 is 11.9 Å². The number of rotatable bonds is 7. The number of halogens is 1. The largest absolute Gasteiger partial charge is 0.438 e. The van der Waals surface area contributed by atoms with E-state index in [1.165, 1.54) is 12.1 Å². The number of hydrogen-bond donors (Lipinski definition) is 0. The molecule has 3 aromatic carbocycles. The van der Waals surface area contributed by atoms with Crippen LogP contribution in [-0.4, -0.2) is 34.4 Å². The summed E-state index contributed by atoms with van der Waals surface area (Å²) in [6.45, 7) is 3.58. The highest BCUT2D eigenvalue weighted by Gasteiger charge is 2.27. The molecule has 37 heavy (non-hydrogen) atoms. The van der Waals surface area contributed by atoms with Gasteiger partial charge in [0.05, 0.1) is 24.2 Å². The lowest BCUT2D eigenvalue weighted by molar-refractivity contribution is -0.131. The molecule has 0 bridgehead atoms. The van der Waals surface area contributed by atoms with Crippen molar-refractivity contribution in [3.05, 3.63) is 113 Å². The van der Waals surface area contributed by atoms with Gasteiger partial charge in [-0.15, -0.1) is 0 Å². The maximum Gasteiger partial charge on any atom is 0.229 e. The fourth-order valence-corrected chi connectivity index (χ4v) is 4.45. The fourth-order valence-electron chi connectivity index (χ4n) is 4.45. The number of aromatic nitrogens is 2. The number of aryl methyl sites for hydroxylation is 1.